The fourth-order valence-electron chi connectivity index (χ4n) is 3.33. The van der Waals surface area contributed by atoms with Crippen molar-refractivity contribution in [1.82, 2.24) is 9.80 Å². The Hall–Kier alpha value is -1.38. The summed E-state index contributed by atoms with van der Waals surface area (Å²) in [5.41, 5.74) is 2.98. The van der Waals surface area contributed by atoms with Crippen molar-refractivity contribution in [2.24, 2.45) is 0 Å². The lowest BCUT2D eigenvalue weighted by atomic mass is 9.96. The Morgan fingerprint density at radius 2 is 1.71 bits per heavy atom. The molecule has 2 aromatic rings. The maximum absolute atomic E-state index is 2.61. The number of hydrogen-bond donors (Lipinski definition) is 0. The van der Waals surface area contributed by atoms with E-state index >= 15 is 0 Å². The van der Waals surface area contributed by atoms with E-state index in [9.17, 15) is 0 Å². The number of rotatable bonds is 4. The Morgan fingerprint density at radius 1 is 0.952 bits per heavy atom. The fourth-order valence-corrected chi connectivity index (χ4v) is 3.33. The van der Waals surface area contributed by atoms with E-state index in [0.717, 1.165) is 0 Å². The highest BCUT2D eigenvalue weighted by atomic mass is 15.2. The van der Waals surface area contributed by atoms with Gasteiger partial charge in [-0.25, -0.2) is 0 Å². The van der Waals surface area contributed by atoms with E-state index in [0.29, 0.717) is 0 Å². The quantitative estimate of drug-likeness (QED) is 0.849. The van der Waals surface area contributed by atoms with Gasteiger partial charge in [0.2, 0.25) is 0 Å². The van der Waals surface area contributed by atoms with E-state index in [1.54, 1.807) is 5.56 Å². The Kier molecular flexibility index (Phi) is 4.57. The second-order valence-electron chi connectivity index (χ2n) is 6.33. The van der Waals surface area contributed by atoms with Crippen molar-refractivity contribution in [3.8, 4) is 0 Å². The molecule has 21 heavy (non-hydrogen) atoms. The van der Waals surface area contributed by atoms with Crippen molar-refractivity contribution >= 4 is 10.8 Å². The molecule has 1 aliphatic heterocycles. The van der Waals surface area contributed by atoms with Gasteiger partial charge >= 0.3 is 0 Å². The molecule has 0 atom stereocenters. The van der Waals surface area contributed by atoms with Gasteiger partial charge in [0, 0.05) is 26.2 Å². The summed E-state index contributed by atoms with van der Waals surface area (Å²) in [4.78, 5) is 5.03. The first kappa shape index (κ1) is 14.6. The average Bonchev–Trinajstić information content (AvgIpc) is 2.51. The number of hydrogen-bond acceptors (Lipinski definition) is 2. The molecule has 112 valence electrons. The number of piperazine rings is 1. The molecule has 0 spiro atoms. The number of nitrogens with zero attached hydrogens (tertiary/aromatic N) is 2. The summed E-state index contributed by atoms with van der Waals surface area (Å²) in [5.74, 6) is 0. The van der Waals surface area contributed by atoms with Gasteiger partial charge in [-0.05, 0) is 55.3 Å². The smallest absolute Gasteiger partial charge is 0.0110 e. The minimum absolute atomic E-state index is 1.19. The molecule has 2 heteroatoms. The highest BCUT2D eigenvalue weighted by molar-refractivity contribution is 5.86. The molecule has 0 saturated carbocycles. The molecular weight excluding hydrogens is 256 g/mol. The molecule has 0 unspecified atom stereocenters. The lowest BCUT2D eigenvalue weighted by Crippen LogP contribution is -2.44. The van der Waals surface area contributed by atoms with E-state index in [4.69, 9.17) is 0 Å². The zero-order chi connectivity index (χ0) is 14.7. The lowest BCUT2D eigenvalue weighted by Gasteiger charge is -2.32. The van der Waals surface area contributed by atoms with Gasteiger partial charge in [-0.3, -0.25) is 0 Å². The Morgan fingerprint density at radius 3 is 2.52 bits per heavy atom. The number of aryl methyl sites for hydroxylation is 2. The van der Waals surface area contributed by atoms with E-state index in [2.05, 4.69) is 60.2 Å². The van der Waals surface area contributed by atoms with E-state index in [-0.39, 0.29) is 0 Å². The minimum atomic E-state index is 1.19. The SMILES string of the molecule is Cc1ccc2ccccc2c1CCCN1CCN(C)CC1. The highest BCUT2D eigenvalue weighted by Crippen LogP contribution is 2.23. The maximum Gasteiger partial charge on any atom is 0.0110 e. The van der Waals surface area contributed by atoms with Gasteiger partial charge in [0.05, 0.1) is 0 Å². The number of fused-ring (bicyclic) bond motifs is 1. The van der Waals surface area contributed by atoms with Crippen molar-refractivity contribution in [3.63, 3.8) is 0 Å². The van der Waals surface area contributed by atoms with Crippen molar-refractivity contribution in [3.05, 3.63) is 47.5 Å². The molecule has 1 saturated heterocycles. The predicted octanol–water partition coefficient (Wildman–Crippen LogP) is 3.33. The predicted molar refractivity (Wildman–Crippen MR) is 90.9 cm³/mol. The third-order valence-corrected chi connectivity index (χ3v) is 4.77. The second-order valence-corrected chi connectivity index (χ2v) is 6.33. The van der Waals surface area contributed by atoms with Crippen LogP contribution in [0.15, 0.2) is 36.4 Å². The monoisotopic (exact) mass is 282 g/mol. The van der Waals surface area contributed by atoms with Crippen LogP contribution in [0.4, 0.5) is 0 Å². The molecule has 0 amide bonds. The van der Waals surface area contributed by atoms with Crippen LogP contribution >= 0.6 is 0 Å². The molecule has 1 aliphatic rings. The summed E-state index contributed by atoms with van der Waals surface area (Å²) >= 11 is 0. The standard InChI is InChI=1S/C19H26N2/c1-16-9-10-17-6-3-4-7-19(17)18(16)8-5-11-21-14-12-20(2)13-15-21/h3-4,6-7,9-10H,5,8,11-15H2,1-2H3. The summed E-state index contributed by atoms with van der Waals surface area (Å²) in [5, 5.41) is 2.81. The zero-order valence-electron chi connectivity index (χ0n) is 13.3. The van der Waals surface area contributed by atoms with Crippen LogP contribution in [-0.4, -0.2) is 49.6 Å². The maximum atomic E-state index is 2.61. The topological polar surface area (TPSA) is 6.48 Å². The first-order valence-electron chi connectivity index (χ1n) is 8.12. The van der Waals surface area contributed by atoms with Crippen LogP contribution in [0.5, 0.6) is 0 Å². The molecule has 1 fully saturated rings. The number of likely N-dealkylation sites (N-methyl/N-ethyl adjacent to an activating group) is 1. The van der Waals surface area contributed by atoms with Gasteiger partial charge in [-0.2, -0.15) is 0 Å². The minimum Gasteiger partial charge on any atom is -0.304 e. The van der Waals surface area contributed by atoms with Gasteiger partial charge in [0.1, 0.15) is 0 Å². The van der Waals surface area contributed by atoms with E-state index in [1.807, 2.05) is 0 Å². The average molecular weight is 282 g/mol. The van der Waals surface area contributed by atoms with Crippen molar-refractivity contribution in [1.29, 1.82) is 0 Å². The van der Waals surface area contributed by atoms with Crippen molar-refractivity contribution in [2.45, 2.75) is 19.8 Å². The van der Waals surface area contributed by atoms with Crippen LogP contribution < -0.4 is 0 Å². The first-order valence-corrected chi connectivity index (χ1v) is 8.12. The van der Waals surface area contributed by atoms with E-state index < -0.39 is 0 Å². The van der Waals surface area contributed by atoms with Crippen LogP contribution in [-0.2, 0) is 6.42 Å². The van der Waals surface area contributed by atoms with Crippen LogP contribution in [0.25, 0.3) is 10.8 Å². The Balaban J connectivity index is 1.64. The van der Waals surface area contributed by atoms with Crippen molar-refractivity contribution < 1.29 is 0 Å². The molecule has 2 aromatic carbocycles. The van der Waals surface area contributed by atoms with Crippen LogP contribution in [0.3, 0.4) is 0 Å². The normalized spacial score (nSPS) is 17.4. The molecule has 0 radical (unpaired) electrons. The summed E-state index contributed by atoms with van der Waals surface area (Å²) < 4.78 is 0. The van der Waals surface area contributed by atoms with Crippen LogP contribution in [0, 0.1) is 6.92 Å². The third kappa shape index (κ3) is 3.45. The zero-order valence-corrected chi connectivity index (χ0v) is 13.3. The van der Waals surface area contributed by atoms with Gasteiger partial charge < -0.3 is 9.80 Å². The second kappa shape index (κ2) is 6.59. The fraction of sp³-hybridized carbons (Fsp3) is 0.474. The molecule has 0 bridgehead atoms. The van der Waals surface area contributed by atoms with E-state index in [1.165, 1.54) is 61.9 Å². The van der Waals surface area contributed by atoms with Crippen LogP contribution in [0.2, 0.25) is 0 Å². The summed E-state index contributed by atoms with van der Waals surface area (Å²) in [6.45, 7) is 8.37. The summed E-state index contributed by atoms with van der Waals surface area (Å²) in [7, 11) is 2.22. The molecule has 0 aromatic heterocycles. The largest absolute Gasteiger partial charge is 0.304 e. The Labute approximate surface area is 128 Å². The molecule has 0 N–H and O–H groups in total. The Bertz CT molecular complexity index is 598. The van der Waals surface area contributed by atoms with Gasteiger partial charge in [0.25, 0.3) is 0 Å². The molecular formula is C19H26N2. The molecule has 3 rings (SSSR count). The summed E-state index contributed by atoms with van der Waals surface area (Å²) in [6.07, 6.45) is 2.46. The molecule has 0 aliphatic carbocycles. The number of benzene rings is 2. The first-order chi connectivity index (χ1) is 10.2. The molecule has 2 nitrogen and oxygen atoms in total. The summed E-state index contributed by atoms with van der Waals surface area (Å²) in [6, 6.07) is 13.3. The van der Waals surface area contributed by atoms with Gasteiger partial charge in [-0.15, -0.1) is 0 Å². The lowest BCUT2D eigenvalue weighted by molar-refractivity contribution is 0.153. The van der Waals surface area contributed by atoms with Crippen LogP contribution in [0.1, 0.15) is 17.5 Å². The van der Waals surface area contributed by atoms with Gasteiger partial charge in [-0.1, -0.05) is 36.4 Å². The van der Waals surface area contributed by atoms with Gasteiger partial charge in [0.15, 0.2) is 0 Å². The highest BCUT2D eigenvalue weighted by Gasteiger charge is 2.13. The van der Waals surface area contributed by atoms with Crippen molar-refractivity contribution in [2.75, 3.05) is 39.8 Å². The third-order valence-electron chi connectivity index (χ3n) is 4.77. The molecule has 1 heterocycles.